The molecule has 5 heteroatoms. The third kappa shape index (κ3) is 2.93. The second-order valence-corrected chi connectivity index (χ2v) is 5.75. The summed E-state index contributed by atoms with van der Waals surface area (Å²) in [4.78, 5) is 18.7. The minimum Gasteiger partial charge on any atom is -0.469 e. The van der Waals surface area contributed by atoms with E-state index in [-0.39, 0.29) is 11.9 Å². The summed E-state index contributed by atoms with van der Waals surface area (Å²) in [6.07, 6.45) is 6.05. The third-order valence-corrected chi connectivity index (χ3v) is 4.15. The van der Waals surface area contributed by atoms with Crippen LogP contribution < -0.4 is 0 Å². The lowest BCUT2D eigenvalue weighted by Gasteiger charge is -2.30. The molecule has 0 unspecified atom stereocenters. The number of methoxy groups -OCH3 is 1. The summed E-state index contributed by atoms with van der Waals surface area (Å²) >= 11 is 0. The summed E-state index contributed by atoms with van der Waals surface area (Å²) in [7, 11) is 1.46. The SMILES string of the molecule is COC(=O)[C@H]1CCCN(Cc2cn3cccc(C)c3n2)C1. The van der Waals surface area contributed by atoms with Crippen LogP contribution in [0.1, 0.15) is 24.1 Å². The molecule has 0 N–H and O–H groups in total. The Morgan fingerprint density at radius 3 is 3.14 bits per heavy atom. The summed E-state index contributed by atoms with van der Waals surface area (Å²) in [6, 6.07) is 4.10. The molecule has 0 aromatic carbocycles. The van der Waals surface area contributed by atoms with Crippen LogP contribution in [-0.2, 0) is 16.1 Å². The predicted octanol–water partition coefficient (Wildman–Crippen LogP) is 2.03. The number of aryl methyl sites for hydroxylation is 1. The standard InChI is InChI=1S/C16H21N3O2/c1-12-5-3-8-19-11-14(17-15(12)19)10-18-7-4-6-13(9-18)16(20)21-2/h3,5,8,11,13H,4,6-7,9-10H2,1-2H3/t13-/m0/s1. The molecule has 21 heavy (non-hydrogen) atoms. The molecule has 1 atom stereocenters. The van der Waals surface area contributed by atoms with E-state index in [4.69, 9.17) is 9.72 Å². The fourth-order valence-electron chi connectivity index (χ4n) is 3.07. The van der Waals surface area contributed by atoms with Crippen molar-refractivity contribution in [2.24, 2.45) is 5.92 Å². The number of nitrogens with zero attached hydrogens (tertiary/aromatic N) is 3. The van der Waals surface area contributed by atoms with E-state index in [2.05, 4.69) is 28.5 Å². The number of pyridine rings is 1. The molecule has 0 saturated carbocycles. The number of imidazole rings is 1. The third-order valence-electron chi connectivity index (χ3n) is 4.15. The summed E-state index contributed by atoms with van der Waals surface area (Å²) in [6.45, 7) is 4.63. The zero-order valence-corrected chi connectivity index (χ0v) is 12.6. The van der Waals surface area contributed by atoms with E-state index < -0.39 is 0 Å². The van der Waals surface area contributed by atoms with Gasteiger partial charge >= 0.3 is 5.97 Å². The van der Waals surface area contributed by atoms with Crippen LogP contribution in [0.15, 0.2) is 24.5 Å². The van der Waals surface area contributed by atoms with Gasteiger partial charge in [-0.1, -0.05) is 6.07 Å². The molecule has 5 nitrogen and oxygen atoms in total. The average Bonchev–Trinajstić information content (AvgIpc) is 2.90. The van der Waals surface area contributed by atoms with Crippen molar-refractivity contribution in [3.63, 3.8) is 0 Å². The van der Waals surface area contributed by atoms with Crippen molar-refractivity contribution in [1.82, 2.24) is 14.3 Å². The van der Waals surface area contributed by atoms with Gasteiger partial charge < -0.3 is 9.14 Å². The average molecular weight is 287 g/mol. The van der Waals surface area contributed by atoms with Gasteiger partial charge in [0, 0.05) is 25.5 Å². The van der Waals surface area contributed by atoms with Crippen LogP contribution in [-0.4, -0.2) is 40.5 Å². The number of hydrogen-bond acceptors (Lipinski definition) is 4. The number of likely N-dealkylation sites (tertiary alicyclic amines) is 1. The molecule has 1 fully saturated rings. The minimum atomic E-state index is -0.0921. The monoisotopic (exact) mass is 287 g/mol. The first-order valence-electron chi connectivity index (χ1n) is 7.41. The second-order valence-electron chi connectivity index (χ2n) is 5.75. The number of carbonyl (C=O) groups is 1. The Labute approximate surface area is 124 Å². The van der Waals surface area contributed by atoms with E-state index >= 15 is 0 Å². The maximum absolute atomic E-state index is 11.7. The van der Waals surface area contributed by atoms with E-state index in [1.165, 1.54) is 12.7 Å². The topological polar surface area (TPSA) is 46.8 Å². The van der Waals surface area contributed by atoms with Gasteiger partial charge in [0.1, 0.15) is 5.65 Å². The van der Waals surface area contributed by atoms with Crippen molar-refractivity contribution in [2.45, 2.75) is 26.3 Å². The molecule has 2 aromatic heterocycles. The van der Waals surface area contributed by atoms with Gasteiger partial charge in [-0.3, -0.25) is 9.69 Å². The van der Waals surface area contributed by atoms with Crippen molar-refractivity contribution in [3.8, 4) is 0 Å². The van der Waals surface area contributed by atoms with E-state index in [1.807, 2.05) is 12.3 Å². The summed E-state index contributed by atoms with van der Waals surface area (Å²) in [5, 5.41) is 0. The van der Waals surface area contributed by atoms with Gasteiger partial charge in [-0.15, -0.1) is 0 Å². The highest BCUT2D eigenvalue weighted by Gasteiger charge is 2.26. The zero-order valence-electron chi connectivity index (χ0n) is 12.6. The summed E-state index contributed by atoms with van der Waals surface area (Å²) < 4.78 is 6.93. The molecular weight excluding hydrogens is 266 g/mol. The first-order valence-corrected chi connectivity index (χ1v) is 7.41. The number of piperidine rings is 1. The van der Waals surface area contributed by atoms with Gasteiger partial charge in [0.25, 0.3) is 0 Å². The van der Waals surface area contributed by atoms with Gasteiger partial charge in [0.15, 0.2) is 0 Å². The Morgan fingerprint density at radius 2 is 2.38 bits per heavy atom. The van der Waals surface area contributed by atoms with Crippen molar-refractivity contribution in [1.29, 1.82) is 0 Å². The van der Waals surface area contributed by atoms with Crippen LogP contribution in [0.5, 0.6) is 0 Å². The molecular formula is C16H21N3O2. The maximum Gasteiger partial charge on any atom is 0.309 e. The Balaban J connectivity index is 1.72. The summed E-state index contributed by atoms with van der Waals surface area (Å²) in [5.41, 5.74) is 3.23. The Kier molecular flexibility index (Phi) is 3.92. The van der Waals surface area contributed by atoms with Crippen LogP contribution in [0.4, 0.5) is 0 Å². The molecule has 2 aromatic rings. The van der Waals surface area contributed by atoms with Crippen molar-refractivity contribution >= 4 is 11.6 Å². The normalized spacial score (nSPS) is 19.8. The summed E-state index contributed by atoms with van der Waals surface area (Å²) in [5.74, 6) is -0.0898. The van der Waals surface area contributed by atoms with Crippen molar-refractivity contribution < 1.29 is 9.53 Å². The Bertz CT molecular complexity index is 650. The number of carbonyl (C=O) groups excluding carboxylic acids is 1. The molecule has 0 spiro atoms. The van der Waals surface area contributed by atoms with Crippen LogP contribution in [0.25, 0.3) is 5.65 Å². The molecule has 0 radical (unpaired) electrons. The van der Waals surface area contributed by atoms with Gasteiger partial charge in [0.2, 0.25) is 0 Å². The molecule has 1 aliphatic heterocycles. The number of ether oxygens (including phenoxy) is 1. The van der Waals surface area contributed by atoms with E-state index in [9.17, 15) is 4.79 Å². The quantitative estimate of drug-likeness (QED) is 0.810. The largest absolute Gasteiger partial charge is 0.469 e. The predicted molar refractivity (Wildman–Crippen MR) is 79.9 cm³/mol. The molecule has 112 valence electrons. The van der Waals surface area contributed by atoms with Crippen LogP contribution in [0, 0.1) is 12.8 Å². The van der Waals surface area contributed by atoms with Crippen molar-refractivity contribution in [2.75, 3.05) is 20.2 Å². The minimum absolute atomic E-state index is 0.00233. The van der Waals surface area contributed by atoms with Gasteiger partial charge in [-0.2, -0.15) is 0 Å². The van der Waals surface area contributed by atoms with E-state index in [0.717, 1.165) is 43.8 Å². The molecule has 0 amide bonds. The molecule has 0 aliphatic carbocycles. The second kappa shape index (κ2) is 5.85. The van der Waals surface area contributed by atoms with Crippen LogP contribution in [0.2, 0.25) is 0 Å². The van der Waals surface area contributed by atoms with E-state index in [0.29, 0.717) is 0 Å². The van der Waals surface area contributed by atoms with Crippen LogP contribution >= 0.6 is 0 Å². The number of fused-ring (bicyclic) bond motifs is 1. The molecule has 1 saturated heterocycles. The molecule has 3 heterocycles. The fourth-order valence-corrected chi connectivity index (χ4v) is 3.07. The Hall–Kier alpha value is -1.88. The highest BCUT2D eigenvalue weighted by atomic mass is 16.5. The zero-order chi connectivity index (χ0) is 14.8. The first-order chi connectivity index (χ1) is 10.2. The molecule has 1 aliphatic rings. The highest BCUT2D eigenvalue weighted by Crippen LogP contribution is 2.20. The Morgan fingerprint density at radius 1 is 1.52 bits per heavy atom. The van der Waals surface area contributed by atoms with Crippen LogP contribution in [0.3, 0.4) is 0 Å². The van der Waals surface area contributed by atoms with Gasteiger partial charge in [-0.05, 0) is 37.9 Å². The van der Waals surface area contributed by atoms with Gasteiger partial charge in [0.05, 0.1) is 18.7 Å². The fraction of sp³-hybridized carbons (Fsp3) is 0.500. The number of rotatable bonds is 3. The van der Waals surface area contributed by atoms with Gasteiger partial charge in [-0.25, -0.2) is 4.98 Å². The maximum atomic E-state index is 11.7. The number of esters is 1. The molecule has 0 bridgehead atoms. The number of hydrogen-bond donors (Lipinski definition) is 0. The smallest absolute Gasteiger partial charge is 0.309 e. The molecule has 3 rings (SSSR count). The lowest BCUT2D eigenvalue weighted by molar-refractivity contribution is -0.147. The van der Waals surface area contributed by atoms with E-state index in [1.54, 1.807) is 0 Å². The highest BCUT2D eigenvalue weighted by molar-refractivity contribution is 5.72. The lowest BCUT2D eigenvalue weighted by Crippen LogP contribution is -2.38. The number of aromatic nitrogens is 2. The van der Waals surface area contributed by atoms with Crippen molar-refractivity contribution in [3.05, 3.63) is 35.8 Å². The lowest BCUT2D eigenvalue weighted by atomic mass is 9.98. The first kappa shape index (κ1) is 14.1.